The first-order valence-electron chi connectivity index (χ1n) is 7.80. The molecular formula is C15H18N6OS. The highest BCUT2D eigenvalue weighted by Crippen LogP contribution is 2.26. The minimum absolute atomic E-state index is 0.106. The number of anilines is 1. The van der Waals surface area contributed by atoms with Crippen LogP contribution in [0.3, 0.4) is 0 Å². The monoisotopic (exact) mass is 330 g/mol. The molecule has 0 atom stereocenters. The first kappa shape index (κ1) is 14.4. The van der Waals surface area contributed by atoms with Crippen LogP contribution in [-0.2, 0) is 26.4 Å². The lowest BCUT2D eigenvalue weighted by molar-refractivity contribution is 0.677. The van der Waals surface area contributed by atoms with Gasteiger partial charge in [-0.05, 0) is 24.8 Å². The van der Waals surface area contributed by atoms with Crippen LogP contribution in [0.2, 0.25) is 0 Å². The molecule has 0 amide bonds. The van der Waals surface area contributed by atoms with Gasteiger partial charge in [-0.15, -0.1) is 5.10 Å². The maximum absolute atomic E-state index is 12.2. The normalized spacial score (nSPS) is 15.0. The molecule has 23 heavy (non-hydrogen) atoms. The number of fused-ring (bicyclic) bond motifs is 2. The lowest BCUT2D eigenvalue weighted by atomic mass is 10.1. The van der Waals surface area contributed by atoms with Gasteiger partial charge in [0.05, 0.1) is 18.4 Å². The van der Waals surface area contributed by atoms with E-state index >= 15 is 0 Å². The molecule has 0 bridgehead atoms. The average Bonchev–Trinajstić information content (AvgIpc) is 3.04. The molecule has 0 saturated heterocycles. The lowest BCUT2D eigenvalue weighted by Gasteiger charge is -2.18. The van der Waals surface area contributed by atoms with Gasteiger partial charge in [-0.3, -0.25) is 9.48 Å². The molecule has 7 nitrogen and oxygen atoms in total. The Morgan fingerprint density at radius 1 is 1.39 bits per heavy atom. The topological polar surface area (TPSA) is 68.3 Å². The fourth-order valence-corrected chi connectivity index (χ4v) is 3.91. The van der Waals surface area contributed by atoms with Gasteiger partial charge in [-0.1, -0.05) is 18.3 Å². The van der Waals surface area contributed by atoms with Gasteiger partial charge in [0.15, 0.2) is 0 Å². The molecule has 3 aromatic heterocycles. The van der Waals surface area contributed by atoms with Gasteiger partial charge >= 0.3 is 0 Å². The van der Waals surface area contributed by atoms with E-state index in [1.165, 1.54) is 27.1 Å². The summed E-state index contributed by atoms with van der Waals surface area (Å²) in [6, 6.07) is 1.57. The van der Waals surface area contributed by atoms with Crippen LogP contribution in [0.4, 0.5) is 5.13 Å². The second-order valence-corrected chi connectivity index (χ2v) is 6.72. The molecule has 0 aliphatic carbocycles. The molecule has 0 fully saturated rings. The van der Waals surface area contributed by atoms with Gasteiger partial charge < -0.3 is 4.90 Å². The van der Waals surface area contributed by atoms with Crippen molar-refractivity contribution in [1.29, 1.82) is 0 Å². The second-order valence-electron chi connectivity index (χ2n) is 5.78. The van der Waals surface area contributed by atoms with Crippen molar-refractivity contribution in [3.05, 3.63) is 39.6 Å². The largest absolute Gasteiger partial charge is 0.341 e. The van der Waals surface area contributed by atoms with Crippen molar-refractivity contribution in [2.75, 3.05) is 11.4 Å². The van der Waals surface area contributed by atoms with E-state index in [0.29, 0.717) is 4.96 Å². The van der Waals surface area contributed by atoms with E-state index in [1.807, 2.05) is 24.9 Å². The van der Waals surface area contributed by atoms with Crippen LogP contribution in [0.25, 0.3) is 4.96 Å². The quantitative estimate of drug-likeness (QED) is 0.710. The van der Waals surface area contributed by atoms with E-state index in [4.69, 9.17) is 0 Å². The Kier molecular flexibility index (Phi) is 3.41. The van der Waals surface area contributed by atoms with E-state index in [-0.39, 0.29) is 5.56 Å². The van der Waals surface area contributed by atoms with Gasteiger partial charge in [-0.25, -0.2) is 4.98 Å². The summed E-state index contributed by atoms with van der Waals surface area (Å²) in [5.74, 6) is 0. The maximum Gasteiger partial charge on any atom is 0.275 e. The molecule has 1 aliphatic heterocycles. The van der Waals surface area contributed by atoms with Crippen LogP contribution in [-0.4, -0.2) is 30.9 Å². The van der Waals surface area contributed by atoms with E-state index in [2.05, 4.69) is 20.1 Å². The van der Waals surface area contributed by atoms with Crippen LogP contribution in [0.1, 0.15) is 30.3 Å². The van der Waals surface area contributed by atoms with E-state index in [9.17, 15) is 4.79 Å². The number of hydrogen-bond donors (Lipinski definition) is 0. The number of nitrogens with zero attached hydrogens (tertiary/aromatic N) is 6. The Hall–Kier alpha value is -2.22. The summed E-state index contributed by atoms with van der Waals surface area (Å²) in [6.07, 6.45) is 4.79. The zero-order chi connectivity index (χ0) is 16.0. The highest BCUT2D eigenvalue weighted by molar-refractivity contribution is 7.20. The molecule has 1 aliphatic rings. The third kappa shape index (κ3) is 2.42. The maximum atomic E-state index is 12.2. The standard InChI is InChI=1S/C15H18N6OS/c1-3-11-7-13(22)21-14(17-11)23-15(18-21)20-6-4-5-10-8-16-19(2)12(10)9-20/h7-8H,3-6,9H2,1-2H3. The van der Waals surface area contributed by atoms with Crippen molar-refractivity contribution in [3.63, 3.8) is 0 Å². The minimum Gasteiger partial charge on any atom is -0.341 e. The summed E-state index contributed by atoms with van der Waals surface area (Å²) >= 11 is 1.48. The molecule has 0 spiro atoms. The Morgan fingerprint density at radius 2 is 2.26 bits per heavy atom. The van der Waals surface area contributed by atoms with Crippen molar-refractivity contribution in [2.45, 2.75) is 32.7 Å². The third-order valence-corrected chi connectivity index (χ3v) is 5.25. The summed E-state index contributed by atoms with van der Waals surface area (Å²) in [6.45, 7) is 3.68. The van der Waals surface area contributed by atoms with Crippen LogP contribution < -0.4 is 10.5 Å². The van der Waals surface area contributed by atoms with Crippen LogP contribution in [0.15, 0.2) is 17.1 Å². The van der Waals surface area contributed by atoms with Crippen molar-refractivity contribution in [3.8, 4) is 0 Å². The highest BCUT2D eigenvalue weighted by Gasteiger charge is 2.21. The molecule has 4 heterocycles. The number of hydrogen-bond acceptors (Lipinski definition) is 6. The van der Waals surface area contributed by atoms with Gasteiger partial charge in [0.25, 0.3) is 5.56 Å². The molecule has 8 heteroatoms. The molecule has 4 rings (SSSR count). The molecule has 0 radical (unpaired) electrons. The summed E-state index contributed by atoms with van der Waals surface area (Å²) in [5.41, 5.74) is 3.23. The fourth-order valence-electron chi connectivity index (χ4n) is 2.96. The van der Waals surface area contributed by atoms with Crippen LogP contribution in [0.5, 0.6) is 0 Å². The lowest BCUT2D eigenvalue weighted by Crippen LogP contribution is -2.24. The number of aromatic nitrogens is 5. The summed E-state index contributed by atoms with van der Waals surface area (Å²) in [5, 5.41) is 9.69. The first-order chi connectivity index (χ1) is 11.2. The van der Waals surface area contributed by atoms with Crippen LogP contribution >= 0.6 is 11.3 Å². The molecule has 120 valence electrons. The summed E-state index contributed by atoms with van der Waals surface area (Å²) < 4.78 is 3.34. The number of rotatable bonds is 2. The van der Waals surface area contributed by atoms with E-state index in [1.54, 1.807) is 6.07 Å². The molecule has 0 aromatic carbocycles. The summed E-state index contributed by atoms with van der Waals surface area (Å²) in [7, 11) is 1.97. The Morgan fingerprint density at radius 3 is 3.09 bits per heavy atom. The average molecular weight is 330 g/mol. The van der Waals surface area contributed by atoms with Gasteiger partial charge in [0.1, 0.15) is 0 Å². The van der Waals surface area contributed by atoms with Crippen molar-refractivity contribution in [2.24, 2.45) is 7.05 Å². The predicted octanol–water partition coefficient (Wildman–Crippen LogP) is 1.40. The van der Waals surface area contributed by atoms with Crippen molar-refractivity contribution < 1.29 is 0 Å². The zero-order valence-corrected chi connectivity index (χ0v) is 14.0. The Bertz CT molecular complexity index is 924. The van der Waals surface area contributed by atoms with E-state index < -0.39 is 0 Å². The van der Waals surface area contributed by atoms with Crippen LogP contribution in [0, 0.1) is 0 Å². The third-order valence-electron chi connectivity index (χ3n) is 4.28. The zero-order valence-electron chi connectivity index (χ0n) is 13.2. The molecule has 0 N–H and O–H groups in total. The smallest absolute Gasteiger partial charge is 0.275 e. The van der Waals surface area contributed by atoms with Gasteiger partial charge in [0.2, 0.25) is 10.1 Å². The van der Waals surface area contributed by atoms with Gasteiger partial charge in [0, 0.05) is 25.4 Å². The first-order valence-corrected chi connectivity index (χ1v) is 8.62. The molecule has 0 unspecified atom stereocenters. The SMILES string of the molecule is CCc1cc(=O)n2nc(N3CCCc4cnn(C)c4C3)sc2n1. The molecule has 3 aromatic rings. The van der Waals surface area contributed by atoms with Crippen molar-refractivity contribution >= 4 is 21.4 Å². The predicted molar refractivity (Wildman–Crippen MR) is 89.1 cm³/mol. The minimum atomic E-state index is -0.106. The Labute approximate surface area is 137 Å². The highest BCUT2D eigenvalue weighted by atomic mass is 32.1. The summed E-state index contributed by atoms with van der Waals surface area (Å²) in [4.78, 5) is 19.6. The van der Waals surface area contributed by atoms with Crippen molar-refractivity contribution in [1.82, 2.24) is 24.4 Å². The fraction of sp³-hybridized carbons (Fsp3) is 0.467. The molecular weight excluding hydrogens is 312 g/mol. The Balaban J connectivity index is 1.75. The van der Waals surface area contributed by atoms with E-state index in [0.717, 1.165) is 43.2 Å². The molecule has 0 saturated carbocycles. The van der Waals surface area contributed by atoms with Gasteiger partial charge in [-0.2, -0.15) is 9.61 Å². The second kappa shape index (κ2) is 5.45. The number of aryl methyl sites for hydroxylation is 3.